The molecular weight excluding hydrogens is 241 g/mol. The number of aryl methyl sites for hydroxylation is 1. The average Bonchev–Trinajstić information content (AvgIpc) is 2.72. The van der Waals surface area contributed by atoms with E-state index in [1.54, 1.807) is 6.07 Å². The fourth-order valence-corrected chi connectivity index (χ4v) is 2.24. The Labute approximate surface area is 113 Å². The van der Waals surface area contributed by atoms with Crippen molar-refractivity contribution in [2.24, 2.45) is 0 Å². The van der Waals surface area contributed by atoms with Crippen LogP contribution in [0.4, 0.5) is 4.39 Å². The first-order chi connectivity index (χ1) is 9.17. The van der Waals surface area contributed by atoms with Gasteiger partial charge in [-0.05, 0) is 38.1 Å². The first kappa shape index (κ1) is 13.6. The molecule has 0 amide bonds. The van der Waals surface area contributed by atoms with E-state index in [4.69, 9.17) is 10.8 Å². The molecule has 1 unspecified atom stereocenters. The second-order valence-corrected chi connectivity index (χ2v) is 4.65. The van der Waals surface area contributed by atoms with E-state index in [1.165, 1.54) is 12.1 Å². The fourth-order valence-electron chi connectivity index (χ4n) is 2.24. The lowest BCUT2D eigenvalue weighted by molar-refractivity contribution is 0.432. The van der Waals surface area contributed by atoms with E-state index in [0.29, 0.717) is 12.0 Å². The normalized spacial score (nSPS) is 12.5. The average molecular weight is 259 g/mol. The minimum absolute atomic E-state index is 0.0135. The number of fused-ring (bicyclic) bond motifs is 1. The zero-order valence-electron chi connectivity index (χ0n) is 11.3. The standard InChI is InChI=1S/C16H18FNO/c1-4-6-14(18-9-5-2)16-11(3)13-10-12(17)7-8-15(13)19-16/h1,7-8,10,14,18H,5-6,9H2,2-3H3. The van der Waals surface area contributed by atoms with Crippen LogP contribution in [0.15, 0.2) is 22.6 Å². The van der Waals surface area contributed by atoms with Gasteiger partial charge in [0.25, 0.3) is 0 Å². The summed E-state index contributed by atoms with van der Waals surface area (Å²) in [5.41, 5.74) is 1.66. The second kappa shape index (κ2) is 5.90. The molecule has 1 aromatic carbocycles. The second-order valence-electron chi connectivity index (χ2n) is 4.65. The molecule has 0 radical (unpaired) electrons. The minimum atomic E-state index is -0.252. The van der Waals surface area contributed by atoms with Gasteiger partial charge in [0.15, 0.2) is 0 Å². The van der Waals surface area contributed by atoms with Gasteiger partial charge in [-0.15, -0.1) is 12.3 Å². The van der Waals surface area contributed by atoms with Crippen LogP contribution >= 0.6 is 0 Å². The number of terminal acetylenes is 1. The van der Waals surface area contributed by atoms with Crippen molar-refractivity contribution in [3.8, 4) is 12.3 Å². The first-order valence-electron chi connectivity index (χ1n) is 6.52. The summed E-state index contributed by atoms with van der Waals surface area (Å²) in [4.78, 5) is 0. The third-order valence-electron chi connectivity index (χ3n) is 3.21. The summed E-state index contributed by atoms with van der Waals surface area (Å²) in [6.45, 7) is 4.91. The van der Waals surface area contributed by atoms with Crippen LogP contribution in [0, 0.1) is 25.1 Å². The van der Waals surface area contributed by atoms with Crippen LogP contribution in [0.2, 0.25) is 0 Å². The molecule has 0 aliphatic carbocycles. The Balaban J connectivity index is 2.42. The quantitative estimate of drug-likeness (QED) is 0.823. The largest absolute Gasteiger partial charge is 0.459 e. The zero-order valence-corrected chi connectivity index (χ0v) is 11.3. The Morgan fingerprint density at radius 1 is 1.47 bits per heavy atom. The molecule has 0 saturated heterocycles. The molecule has 2 nitrogen and oxygen atoms in total. The summed E-state index contributed by atoms with van der Waals surface area (Å²) in [6.07, 6.45) is 7.00. The molecular formula is C16H18FNO. The molecule has 19 heavy (non-hydrogen) atoms. The van der Waals surface area contributed by atoms with Crippen molar-refractivity contribution in [3.63, 3.8) is 0 Å². The summed E-state index contributed by atoms with van der Waals surface area (Å²) >= 11 is 0. The summed E-state index contributed by atoms with van der Waals surface area (Å²) in [5, 5.41) is 4.19. The monoisotopic (exact) mass is 259 g/mol. The van der Waals surface area contributed by atoms with Crippen LogP contribution in [-0.2, 0) is 0 Å². The topological polar surface area (TPSA) is 25.2 Å². The maximum absolute atomic E-state index is 13.3. The zero-order chi connectivity index (χ0) is 13.8. The van der Waals surface area contributed by atoms with Gasteiger partial charge in [-0.25, -0.2) is 4.39 Å². The van der Waals surface area contributed by atoms with Crippen LogP contribution in [0.5, 0.6) is 0 Å². The predicted molar refractivity (Wildman–Crippen MR) is 75.4 cm³/mol. The Morgan fingerprint density at radius 3 is 2.95 bits per heavy atom. The van der Waals surface area contributed by atoms with Gasteiger partial charge in [0.1, 0.15) is 17.2 Å². The molecule has 100 valence electrons. The molecule has 2 aromatic rings. The highest BCUT2D eigenvalue weighted by molar-refractivity contribution is 5.82. The number of furan rings is 1. The summed E-state index contributed by atoms with van der Waals surface area (Å²) in [6, 6.07) is 4.56. The maximum Gasteiger partial charge on any atom is 0.134 e. The molecule has 1 N–H and O–H groups in total. The molecule has 1 heterocycles. The van der Waals surface area contributed by atoms with E-state index < -0.39 is 0 Å². The molecule has 0 fully saturated rings. The lowest BCUT2D eigenvalue weighted by Crippen LogP contribution is -2.21. The highest BCUT2D eigenvalue weighted by Gasteiger charge is 2.19. The van der Waals surface area contributed by atoms with E-state index in [9.17, 15) is 4.39 Å². The van der Waals surface area contributed by atoms with Crippen LogP contribution < -0.4 is 5.32 Å². The molecule has 0 saturated carbocycles. The molecule has 3 heteroatoms. The number of rotatable bonds is 5. The SMILES string of the molecule is C#CCC(NCCC)c1oc2ccc(F)cc2c1C. The van der Waals surface area contributed by atoms with Gasteiger partial charge in [0.2, 0.25) is 0 Å². The number of nitrogens with one attached hydrogen (secondary N) is 1. The van der Waals surface area contributed by atoms with Crippen LogP contribution in [-0.4, -0.2) is 6.54 Å². The maximum atomic E-state index is 13.3. The third kappa shape index (κ3) is 2.80. The fraction of sp³-hybridized carbons (Fsp3) is 0.375. The number of benzene rings is 1. The van der Waals surface area contributed by atoms with Crippen molar-refractivity contribution >= 4 is 11.0 Å². The van der Waals surface area contributed by atoms with Gasteiger partial charge in [-0.3, -0.25) is 0 Å². The Hall–Kier alpha value is -1.79. The van der Waals surface area contributed by atoms with Crippen molar-refractivity contribution in [1.82, 2.24) is 5.32 Å². The highest BCUT2D eigenvalue weighted by atomic mass is 19.1. The molecule has 0 aliphatic rings. The van der Waals surface area contributed by atoms with Crippen molar-refractivity contribution in [2.45, 2.75) is 32.7 Å². The lowest BCUT2D eigenvalue weighted by atomic mass is 10.1. The van der Waals surface area contributed by atoms with Gasteiger partial charge >= 0.3 is 0 Å². The van der Waals surface area contributed by atoms with Crippen LogP contribution in [0.25, 0.3) is 11.0 Å². The third-order valence-corrected chi connectivity index (χ3v) is 3.21. The van der Waals surface area contributed by atoms with E-state index in [1.807, 2.05) is 6.92 Å². The molecule has 1 atom stereocenters. The van der Waals surface area contributed by atoms with Crippen molar-refractivity contribution in [1.29, 1.82) is 0 Å². The van der Waals surface area contributed by atoms with Gasteiger partial charge in [0, 0.05) is 17.4 Å². The van der Waals surface area contributed by atoms with Crippen molar-refractivity contribution in [3.05, 3.63) is 35.3 Å². The lowest BCUT2D eigenvalue weighted by Gasteiger charge is -2.14. The van der Waals surface area contributed by atoms with E-state index >= 15 is 0 Å². The van der Waals surface area contributed by atoms with Crippen LogP contribution in [0.1, 0.15) is 37.1 Å². The van der Waals surface area contributed by atoms with E-state index in [2.05, 4.69) is 18.2 Å². The Kier molecular flexibility index (Phi) is 4.24. The molecule has 0 spiro atoms. The van der Waals surface area contributed by atoms with Crippen LogP contribution in [0.3, 0.4) is 0 Å². The van der Waals surface area contributed by atoms with E-state index in [-0.39, 0.29) is 11.9 Å². The minimum Gasteiger partial charge on any atom is -0.459 e. The molecule has 0 aliphatic heterocycles. The highest BCUT2D eigenvalue weighted by Crippen LogP contribution is 2.31. The summed E-state index contributed by atoms with van der Waals surface area (Å²) in [5.74, 6) is 3.22. The van der Waals surface area contributed by atoms with Gasteiger partial charge in [0.05, 0.1) is 6.04 Å². The van der Waals surface area contributed by atoms with Gasteiger partial charge < -0.3 is 9.73 Å². The van der Waals surface area contributed by atoms with E-state index in [0.717, 1.165) is 29.7 Å². The Morgan fingerprint density at radius 2 is 2.26 bits per heavy atom. The number of halogens is 1. The van der Waals surface area contributed by atoms with Gasteiger partial charge in [-0.2, -0.15) is 0 Å². The molecule has 0 bridgehead atoms. The number of hydrogen-bond acceptors (Lipinski definition) is 2. The molecule has 1 aromatic heterocycles. The first-order valence-corrected chi connectivity index (χ1v) is 6.52. The Bertz CT molecular complexity index is 609. The van der Waals surface area contributed by atoms with Crippen molar-refractivity contribution < 1.29 is 8.81 Å². The predicted octanol–water partition coefficient (Wildman–Crippen LogP) is 3.94. The number of hydrogen-bond donors (Lipinski definition) is 1. The summed E-state index contributed by atoms with van der Waals surface area (Å²) < 4.78 is 19.1. The smallest absolute Gasteiger partial charge is 0.134 e. The van der Waals surface area contributed by atoms with Gasteiger partial charge in [-0.1, -0.05) is 6.92 Å². The summed E-state index contributed by atoms with van der Waals surface area (Å²) in [7, 11) is 0. The van der Waals surface area contributed by atoms with Crippen molar-refractivity contribution in [2.75, 3.05) is 6.54 Å². The molecule has 2 rings (SSSR count).